The van der Waals surface area contributed by atoms with E-state index >= 15 is 0 Å². The molecule has 1 unspecified atom stereocenters. The molecule has 124 valence electrons. The number of aromatic nitrogens is 3. The number of anilines is 1. The molecular weight excluding hydrogens is 399 g/mol. The van der Waals surface area contributed by atoms with Crippen molar-refractivity contribution in [1.82, 2.24) is 15.0 Å². The smallest absolute Gasteiger partial charge is 0.277 e. The van der Waals surface area contributed by atoms with Crippen LogP contribution in [0.4, 0.5) is 10.1 Å². The van der Waals surface area contributed by atoms with Crippen LogP contribution in [-0.2, 0) is 6.54 Å². The quantitative estimate of drug-likeness (QED) is 0.676. The number of halogens is 2. The van der Waals surface area contributed by atoms with Crippen LogP contribution in [0.25, 0.3) is 0 Å². The zero-order valence-electron chi connectivity index (χ0n) is 12.2. The molecule has 0 fully saturated rings. The van der Waals surface area contributed by atoms with Gasteiger partial charge in [-0.3, -0.25) is 4.79 Å². The second-order valence-electron chi connectivity index (χ2n) is 4.98. The highest BCUT2D eigenvalue weighted by molar-refractivity contribution is 9.10. The summed E-state index contributed by atoms with van der Waals surface area (Å²) in [5, 5.41) is 24.1. The van der Waals surface area contributed by atoms with Crippen LogP contribution in [-0.4, -0.2) is 26.0 Å². The van der Waals surface area contributed by atoms with Crippen molar-refractivity contribution in [3.63, 3.8) is 0 Å². The van der Waals surface area contributed by atoms with Crippen molar-refractivity contribution in [2.75, 3.05) is 5.32 Å². The molecule has 0 spiro atoms. The number of nitrogens with one attached hydrogen (secondary N) is 1. The predicted molar refractivity (Wildman–Crippen MR) is 91.4 cm³/mol. The molecule has 2 heterocycles. The maximum atomic E-state index is 13.1. The summed E-state index contributed by atoms with van der Waals surface area (Å²) in [4.78, 5) is 12.2. The first-order valence-electron chi connectivity index (χ1n) is 6.89. The van der Waals surface area contributed by atoms with E-state index < -0.39 is 17.8 Å². The largest absolute Gasteiger partial charge is 0.386 e. The highest BCUT2D eigenvalue weighted by Crippen LogP contribution is 2.23. The van der Waals surface area contributed by atoms with Gasteiger partial charge in [0, 0.05) is 4.47 Å². The van der Waals surface area contributed by atoms with Crippen LogP contribution in [0.1, 0.15) is 22.2 Å². The van der Waals surface area contributed by atoms with Crippen molar-refractivity contribution in [3.05, 3.63) is 62.8 Å². The van der Waals surface area contributed by atoms with Crippen molar-refractivity contribution < 1.29 is 14.3 Å². The van der Waals surface area contributed by atoms with E-state index in [2.05, 4.69) is 31.6 Å². The Hall–Kier alpha value is -2.10. The van der Waals surface area contributed by atoms with Gasteiger partial charge in [-0.05, 0) is 56.5 Å². The third kappa shape index (κ3) is 3.86. The van der Waals surface area contributed by atoms with Gasteiger partial charge in [0.15, 0.2) is 5.69 Å². The van der Waals surface area contributed by atoms with Gasteiger partial charge >= 0.3 is 0 Å². The lowest BCUT2D eigenvalue weighted by Crippen LogP contribution is -2.13. The van der Waals surface area contributed by atoms with E-state index in [1.165, 1.54) is 40.4 Å². The molecule has 1 atom stereocenters. The van der Waals surface area contributed by atoms with Gasteiger partial charge in [0.25, 0.3) is 5.91 Å². The molecule has 0 aliphatic rings. The van der Waals surface area contributed by atoms with Crippen LogP contribution in [0.2, 0.25) is 0 Å². The maximum absolute atomic E-state index is 13.1. The van der Waals surface area contributed by atoms with Crippen molar-refractivity contribution in [2.45, 2.75) is 12.6 Å². The predicted octanol–water partition coefficient (Wildman–Crippen LogP) is 3.23. The number of aliphatic hydroxyl groups excluding tert-OH is 1. The summed E-state index contributed by atoms with van der Waals surface area (Å²) in [5.74, 6) is -0.883. The van der Waals surface area contributed by atoms with E-state index in [1.807, 2.05) is 16.8 Å². The minimum Gasteiger partial charge on any atom is -0.386 e. The molecule has 0 saturated heterocycles. The Labute approximate surface area is 149 Å². The number of hydrogen-bond acceptors (Lipinski definition) is 5. The molecule has 2 aromatic heterocycles. The summed E-state index contributed by atoms with van der Waals surface area (Å²) in [7, 11) is 0. The van der Waals surface area contributed by atoms with Gasteiger partial charge in [-0.25, -0.2) is 9.07 Å². The average Bonchev–Trinajstić information content (AvgIpc) is 3.21. The molecule has 0 saturated carbocycles. The number of carbonyl (C=O) groups excluding carboxylic acids is 1. The van der Waals surface area contributed by atoms with E-state index in [4.69, 9.17) is 0 Å². The highest BCUT2D eigenvalue weighted by Gasteiger charge is 2.15. The molecule has 0 bridgehead atoms. The average molecular weight is 411 g/mol. The van der Waals surface area contributed by atoms with Gasteiger partial charge in [-0.1, -0.05) is 5.21 Å². The lowest BCUT2D eigenvalue weighted by Gasteiger charge is -2.07. The molecule has 0 radical (unpaired) electrons. The maximum Gasteiger partial charge on any atom is 0.277 e. The Morgan fingerprint density at radius 3 is 3.00 bits per heavy atom. The third-order valence-electron chi connectivity index (χ3n) is 3.24. The molecule has 9 heteroatoms. The highest BCUT2D eigenvalue weighted by atomic mass is 79.9. The van der Waals surface area contributed by atoms with Crippen molar-refractivity contribution in [2.24, 2.45) is 0 Å². The molecule has 1 amide bonds. The zero-order chi connectivity index (χ0) is 17.1. The Morgan fingerprint density at radius 2 is 2.29 bits per heavy atom. The van der Waals surface area contributed by atoms with Gasteiger partial charge in [0.1, 0.15) is 5.82 Å². The number of thiophene rings is 1. The van der Waals surface area contributed by atoms with Gasteiger partial charge in [-0.15, -0.1) is 5.10 Å². The van der Waals surface area contributed by atoms with Crippen molar-refractivity contribution >= 4 is 38.9 Å². The van der Waals surface area contributed by atoms with Crippen molar-refractivity contribution in [1.29, 1.82) is 0 Å². The fourth-order valence-corrected chi connectivity index (χ4v) is 3.17. The summed E-state index contributed by atoms with van der Waals surface area (Å²) in [6, 6.07) is 5.77. The van der Waals surface area contributed by atoms with Crippen LogP contribution < -0.4 is 5.32 Å². The summed E-state index contributed by atoms with van der Waals surface area (Å²) < 4.78 is 14.9. The molecule has 24 heavy (non-hydrogen) atoms. The fourth-order valence-electron chi connectivity index (χ4n) is 2.02. The minimum atomic E-state index is -0.722. The molecule has 3 rings (SSSR count). The molecule has 3 aromatic rings. The molecule has 6 nitrogen and oxygen atoms in total. The number of amides is 1. The van der Waals surface area contributed by atoms with E-state index in [0.29, 0.717) is 10.2 Å². The Balaban J connectivity index is 1.67. The Kier molecular flexibility index (Phi) is 5.03. The number of benzene rings is 1. The van der Waals surface area contributed by atoms with E-state index in [0.717, 1.165) is 5.56 Å². The second kappa shape index (κ2) is 7.20. The lowest BCUT2D eigenvalue weighted by atomic mass is 10.2. The number of aliphatic hydroxyl groups is 1. The molecular formula is C15H12BrFN4O2S. The van der Waals surface area contributed by atoms with Crippen LogP contribution >= 0.6 is 27.3 Å². The Morgan fingerprint density at radius 1 is 1.46 bits per heavy atom. The minimum absolute atomic E-state index is 0.101. The molecule has 2 N–H and O–H groups in total. The summed E-state index contributed by atoms with van der Waals surface area (Å²) in [6.07, 6.45) is 0.725. The van der Waals surface area contributed by atoms with Gasteiger partial charge < -0.3 is 10.4 Å². The van der Waals surface area contributed by atoms with Crippen LogP contribution in [0.15, 0.2) is 45.7 Å². The third-order valence-corrected chi connectivity index (χ3v) is 4.60. The first-order valence-corrected chi connectivity index (χ1v) is 8.63. The van der Waals surface area contributed by atoms with Gasteiger partial charge in [-0.2, -0.15) is 11.3 Å². The van der Waals surface area contributed by atoms with Crippen LogP contribution in [0, 0.1) is 5.82 Å². The molecule has 0 aliphatic heterocycles. The SMILES string of the molecule is O=C(Nc1ccc(F)cc1Br)c1cn(CC(O)c2ccsc2)nn1. The van der Waals surface area contributed by atoms with E-state index in [1.54, 1.807) is 0 Å². The molecule has 1 aromatic carbocycles. The van der Waals surface area contributed by atoms with Gasteiger partial charge in [0.05, 0.1) is 24.5 Å². The van der Waals surface area contributed by atoms with Gasteiger partial charge in [0.2, 0.25) is 0 Å². The first-order chi connectivity index (χ1) is 11.5. The number of rotatable bonds is 5. The summed E-state index contributed by atoms with van der Waals surface area (Å²) in [6.45, 7) is 0.192. The topological polar surface area (TPSA) is 80.0 Å². The van der Waals surface area contributed by atoms with Crippen LogP contribution in [0.3, 0.4) is 0 Å². The monoisotopic (exact) mass is 410 g/mol. The zero-order valence-corrected chi connectivity index (χ0v) is 14.6. The van der Waals surface area contributed by atoms with Crippen LogP contribution in [0.5, 0.6) is 0 Å². The second-order valence-corrected chi connectivity index (χ2v) is 6.61. The van der Waals surface area contributed by atoms with E-state index in [9.17, 15) is 14.3 Å². The lowest BCUT2D eigenvalue weighted by molar-refractivity contribution is 0.102. The fraction of sp³-hybridized carbons (Fsp3) is 0.133. The first kappa shape index (κ1) is 16.7. The van der Waals surface area contributed by atoms with E-state index in [-0.39, 0.29) is 12.2 Å². The summed E-state index contributed by atoms with van der Waals surface area (Å²) >= 11 is 4.67. The summed E-state index contributed by atoms with van der Waals surface area (Å²) in [5.41, 5.74) is 1.31. The standard InChI is InChI=1S/C15H12BrFN4O2S/c16-11-5-10(17)1-2-12(11)18-15(23)13-6-21(20-19-13)7-14(22)9-3-4-24-8-9/h1-6,8,14,22H,7H2,(H,18,23). The number of hydrogen-bond donors (Lipinski definition) is 2. The normalized spacial score (nSPS) is 12.1. The van der Waals surface area contributed by atoms with Crippen molar-refractivity contribution in [3.8, 4) is 0 Å². The number of nitrogens with zero attached hydrogens (tertiary/aromatic N) is 3. The Bertz CT molecular complexity index is 853. The molecule has 0 aliphatic carbocycles. The number of carbonyl (C=O) groups is 1.